The zero-order valence-corrected chi connectivity index (χ0v) is 28.3. The van der Waals surface area contributed by atoms with Gasteiger partial charge in [-0.05, 0) is 23.8 Å². The van der Waals surface area contributed by atoms with Crippen molar-refractivity contribution in [3.63, 3.8) is 0 Å². The van der Waals surface area contributed by atoms with Crippen molar-refractivity contribution in [3.05, 3.63) is 66.2 Å². The van der Waals surface area contributed by atoms with Crippen molar-refractivity contribution in [1.29, 1.82) is 0 Å². The third-order valence-electron chi connectivity index (χ3n) is 8.83. The van der Waals surface area contributed by atoms with E-state index in [1.165, 1.54) is 24.3 Å². The summed E-state index contributed by atoms with van der Waals surface area (Å²) in [4.78, 5) is 12.4. The van der Waals surface area contributed by atoms with Crippen LogP contribution in [-0.2, 0) is 19.0 Å². The molecule has 19 heteroatoms. The number of hydrogen-bond acceptors (Lipinski definition) is 18. The lowest BCUT2D eigenvalue weighted by Gasteiger charge is -2.40. The highest BCUT2D eigenvalue weighted by Crippen LogP contribution is 2.45. The van der Waals surface area contributed by atoms with Crippen LogP contribution < -0.4 is 9.47 Å². The minimum Gasteiger partial charge on any atom is -0.508 e. The van der Waals surface area contributed by atoms with Gasteiger partial charge in [0.15, 0.2) is 17.2 Å². The van der Waals surface area contributed by atoms with Gasteiger partial charge in [0.05, 0.1) is 18.2 Å². The molecule has 55 heavy (non-hydrogen) atoms. The Labute approximate surface area is 309 Å². The molecule has 10 atom stereocenters. The predicted octanol–water partition coefficient (Wildman–Crippen LogP) is -0.469. The Kier molecular flexibility index (Phi) is 11.5. The summed E-state index contributed by atoms with van der Waals surface area (Å²) in [5.74, 6) is -4.77. The molecule has 0 spiro atoms. The topological polar surface area (TPSA) is 317 Å². The van der Waals surface area contributed by atoms with Crippen molar-refractivity contribution in [2.24, 2.45) is 0 Å². The third kappa shape index (κ3) is 8.29. The van der Waals surface area contributed by atoms with Crippen molar-refractivity contribution in [2.75, 3.05) is 13.2 Å². The van der Waals surface area contributed by atoms with E-state index in [9.17, 15) is 66.1 Å². The van der Waals surface area contributed by atoms with Crippen molar-refractivity contribution < 1.29 is 94.2 Å². The molecule has 3 aromatic carbocycles. The Hall–Kier alpha value is -5.48. The van der Waals surface area contributed by atoms with E-state index in [2.05, 4.69) is 0 Å². The molecule has 12 N–H and O–H groups in total. The summed E-state index contributed by atoms with van der Waals surface area (Å²) in [6, 6.07) is 11.2. The lowest BCUT2D eigenvalue weighted by Crippen LogP contribution is -2.60. The molecular weight excluding hydrogens is 736 g/mol. The van der Waals surface area contributed by atoms with Crippen LogP contribution >= 0.6 is 0 Å². The molecule has 0 bridgehead atoms. The summed E-state index contributed by atoms with van der Waals surface area (Å²) >= 11 is 0. The number of rotatable bonds is 10. The van der Waals surface area contributed by atoms with Crippen molar-refractivity contribution in [1.82, 2.24) is 0 Å². The monoisotopic (exact) mass is 773 g/mol. The van der Waals surface area contributed by atoms with Gasteiger partial charge < -0.3 is 85.0 Å². The van der Waals surface area contributed by atoms with Crippen LogP contribution in [-0.4, -0.2) is 142 Å². The first kappa shape index (κ1) is 39.2. The zero-order chi connectivity index (χ0) is 39.7. The third-order valence-corrected chi connectivity index (χ3v) is 8.83. The predicted molar refractivity (Wildman–Crippen MR) is 183 cm³/mol. The Morgan fingerprint density at radius 2 is 1.27 bits per heavy atom. The molecule has 2 fully saturated rings. The van der Waals surface area contributed by atoms with Crippen LogP contribution in [0.2, 0.25) is 0 Å². The van der Waals surface area contributed by atoms with Crippen LogP contribution in [0.1, 0.15) is 5.56 Å². The van der Waals surface area contributed by atoms with Crippen molar-refractivity contribution in [2.45, 2.75) is 61.4 Å². The number of benzene rings is 3. The second-order valence-corrected chi connectivity index (χ2v) is 12.7. The molecule has 6 rings (SSSR count). The number of carbonyl (C=O) groups is 1. The van der Waals surface area contributed by atoms with Gasteiger partial charge in [0.2, 0.25) is 18.3 Å². The van der Waals surface area contributed by atoms with E-state index in [1.807, 2.05) is 0 Å². The van der Waals surface area contributed by atoms with Gasteiger partial charge in [0.25, 0.3) is 0 Å². The van der Waals surface area contributed by atoms with Gasteiger partial charge in [0.1, 0.15) is 78.1 Å². The lowest BCUT2D eigenvalue weighted by atomic mass is 9.99. The number of carbonyl (C=O) groups excluding carboxylic acids is 1. The molecule has 19 nitrogen and oxygen atoms in total. The van der Waals surface area contributed by atoms with Gasteiger partial charge in [-0.1, -0.05) is 12.1 Å². The van der Waals surface area contributed by atoms with Gasteiger partial charge in [-0.3, -0.25) is 0 Å². The van der Waals surface area contributed by atoms with E-state index >= 15 is 0 Å². The van der Waals surface area contributed by atoms with Crippen LogP contribution in [0.15, 0.2) is 65.1 Å². The average Bonchev–Trinajstić information content (AvgIpc) is 3.16. The zero-order valence-electron chi connectivity index (χ0n) is 28.3. The maximum Gasteiger partial charge on any atom is 0.402 e. The highest BCUT2D eigenvalue weighted by molar-refractivity contribution is 5.89. The molecule has 0 radical (unpaired) electrons. The van der Waals surface area contributed by atoms with Crippen molar-refractivity contribution >= 4 is 23.0 Å². The number of aliphatic hydroxyl groups excluding tert-OH is 7. The fourth-order valence-corrected chi connectivity index (χ4v) is 5.82. The van der Waals surface area contributed by atoms with Crippen LogP contribution in [0.3, 0.4) is 0 Å². The molecule has 0 saturated carbocycles. The van der Waals surface area contributed by atoms with Gasteiger partial charge >= 0.3 is 17.3 Å². The second kappa shape index (κ2) is 16.1. The van der Waals surface area contributed by atoms with E-state index in [1.54, 1.807) is 12.1 Å². The summed E-state index contributed by atoms with van der Waals surface area (Å²) in [6.07, 6.45) is -15.0. The minimum atomic E-state index is -1.92. The normalized spacial score (nSPS) is 28.3. The number of phenolic OH excluding ortho intramolecular Hbond substituents is 5. The van der Waals surface area contributed by atoms with Gasteiger partial charge in [-0.2, -0.15) is 0 Å². The smallest absolute Gasteiger partial charge is 0.402 e. The highest BCUT2D eigenvalue weighted by Gasteiger charge is 2.47. The number of fused-ring (bicyclic) bond motifs is 1. The molecule has 2 saturated heterocycles. The van der Waals surface area contributed by atoms with Crippen LogP contribution in [0.25, 0.3) is 28.4 Å². The average molecular weight is 774 g/mol. The number of aromatic hydroxyl groups is 5. The lowest BCUT2D eigenvalue weighted by molar-refractivity contribution is -0.278. The van der Waals surface area contributed by atoms with Crippen molar-refractivity contribution in [3.8, 4) is 51.6 Å². The molecule has 294 valence electrons. The van der Waals surface area contributed by atoms with E-state index in [-0.39, 0.29) is 39.5 Å². The molecule has 3 heterocycles. The summed E-state index contributed by atoms with van der Waals surface area (Å²) in [5, 5.41) is 123. The Morgan fingerprint density at radius 3 is 1.89 bits per heavy atom. The summed E-state index contributed by atoms with van der Waals surface area (Å²) in [5.41, 5.74) is 0.238. The van der Waals surface area contributed by atoms with Crippen LogP contribution in [0.4, 0.5) is 0 Å². The molecule has 4 unspecified atom stereocenters. The molecule has 2 aliphatic rings. The Morgan fingerprint density at radius 1 is 0.691 bits per heavy atom. The number of phenols is 5. The van der Waals surface area contributed by atoms with E-state index in [0.29, 0.717) is 5.56 Å². The summed E-state index contributed by atoms with van der Waals surface area (Å²) in [6.45, 7) is -1.41. The largest absolute Gasteiger partial charge is 0.508 e. The number of aliphatic hydroxyl groups is 7. The molecule has 2 aliphatic heterocycles. The minimum absolute atomic E-state index is 0.0248. The van der Waals surface area contributed by atoms with Gasteiger partial charge in [-0.15, -0.1) is 0 Å². The molecule has 4 aromatic rings. The fourth-order valence-electron chi connectivity index (χ4n) is 5.82. The maximum absolute atomic E-state index is 12.4. The standard InChI is InChI=1S/C36H36O19/c37-12-24-28(44)30(46)32(48)36(54-24)53-23-11-18-21(51-34(23)15-7-19(40)27(43)20(41)8-15)9-17(39)10-22(18)52-35-33(49)31(47)29(45)25(55-35)13-50-26(42)6-3-14-1-4-16(38)5-2-14/h1-11,24-25,28-33,35-37,44-49H,12-13H2,(H4-,38,39,40,41,42,43)/p+1/t24?,25?,28-,29-,30+,31+,32?,33?,35-,36-/m1/s1. The first-order valence-corrected chi connectivity index (χ1v) is 16.5. The van der Waals surface area contributed by atoms with E-state index < -0.39 is 104 Å². The number of esters is 1. The molecule has 1 aromatic heterocycles. The quantitative estimate of drug-likeness (QED) is 0.0419. The summed E-state index contributed by atoms with van der Waals surface area (Å²) in [7, 11) is 0. The van der Waals surface area contributed by atoms with Gasteiger partial charge in [-0.25, -0.2) is 9.21 Å². The highest BCUT2D eigenvalue weighted by atomic mass is 16.7. The number of hydrogen-bond donors (Lipinski definition) is 12. The molecular formula is C36H37O19+. The Balaban J connectivity index is 1.31. The fraction of sp³-hybridized carbons (Fsp3) is 0.333. The Bertz CT molecular complexity index is 2010. The van der Waals surface area contributed by atoms with Crippen LogP contribution in [0, 0.1) is 0 Å². The van der Waals surface area contributed by atoms with E-state index in [0.717, 1.165) is 30.3 Å². The SMILES string of the molecule is O=C(/C=C/c1ccc(O)cc1)OCC1O[C@@H](Oc2cc(O)cc3[o+]c(-c4cc(O)c(O)c(O)c4)c(O[C@@H]4OC(CO)[C@@H](O)[C@H](O)C4O)cc23)C(O)[C@@H](O)[C@@H]1O. The first-order valence-electron chi connectivity index (χ1n) is 16.5. The summed E-state index contributed by atoms with van der Waals surface area (Å²) < 4.78 is 34.0. The van der Waals surface area contributed by atoms with E-state index in [4.69, 9.17) is 28.1 Å². The molecule has 0 amide bonds. The molecule has 0 aliphatic carbocycles. The maximum atomic E-state index is 12.4. The van der Waals surface area contributed by atoms with Crippen LogP contribution in [0.5, 0.6) is 40.2 Å². The first-order chi connectivity index (χ1) is 26.1. The second-order valence-electron chi connectivity index (χ2n) is 12.7. The van der Waals surface area contributed by atoms with Gasteiger partial charge in [0, 0.05) is 30.3 Å². The number of ether oxygens (including phenoxy) is 5.